The topological polar surface area (TPSA) is 85.8 Å². The Balaban J connectivity index is 1.38. The van der Waals surface area contributed by atoms with Gasteiger partial charge < -0.3 is 15.3 Å². The van der Waals surface area contributed by atoms with E-state index in [0.29, 0.717) is 38.4 Å². The van der Waals surface area contributed by atoms with Gasteiger partial charge in [0.05, 0.1) is 16.8 Å². The van der Waals surface area contributed by atoms with Crippen molar-refractivity contribution in [1.82, 2.24) is 14.8 Å². The lowest BCUT2D eigenvalue weighted by Gasteiger charge is -2.33. The number of piperazine rings is 1. The number of aromatic nitrogens is 1. The van der Waals surface area contributed by atoms with Crippen LogP contribution in [-0.4, -0.2) is 71.0 Å². The molecule has 156 valence electrons. The van der Waals surface area contributed by atoms with E-state index in [1.54, 1.807) is 28.4 Å². The Morgan fingerprint density at radius 1 is 1.10 bits per heavy atom. The van der Waals surface area contributed by atoms with Crippen LogP contribution in [0.15, 0.2) is 42.5 Å². The molecule has 1 fully saturated rings. The van der Waals surface area contributed by atoms with Crippen molar-refractivity contribution in [3.8, 4) is 10.6 Å². The predicted molar refractivity (Wildman–Crippen MR) is 119 cm³/mol. The zero-order valence-electron chi connectivity index (χ0n) is 16.8. The number of aryl methyl sites for hydroxylation is 1. The lowest BCUT2D eigenvalue weighted by Crippen LogP contribution is -2.52. The van der Waals surface area contributed by atoms with E-state index in [0.717, 1.165) is 20.8 Å². The summed E-state index contributed by atoms with van der Waals surface area (Å²) < 4.78 is 1.15. The number of nitrogens with one attached hydrogen (secondary N) is 1. The molecule has 0 bridgehead atoms. The maximum atomic E-state index is 12.4. The smallest absolute Gasteiger partial charge is 0.313 e. The number of aliphatic hydroxyl groups is 1. The average Bonchev–Trinajstić information content (AvgIpc) is 3.17. The molecule has 0 spiro atoms. The van der Waals surface area contributed by atoms with Crippen LogP contribution in [0.25, 0.3) is 20.8 Å². The van der Waals surface area contributed by atoms with Crippen molar-refractivity contribution >= 4 is 39.1 Å². The van der Waals surface area contributed by atoms with E-state index in [9.17, 15) is 9.59 Å². The Bertz CT molecular complexity index is 1060. The molecule has 0 atom stereocenters. The summed E-state index contributed by atoms with van der Waals surface area (Å²) in [7, 11) is 0. The van der Waals surface area contributed by atoms with E-state index in [-0.39, 0.29) is 6.61 Å². The van der Waals surface area contributed by atoms with Crippen molar-refractivity contribution in [2.75, 3.05) is 44.6 Å². The van der Waals surface area contributed by atoms with Gasteiger partial charge in [-0.3, -0.25) is 14.5 Å². The highest BCUT2D eigenvalue weighted by Gasteiger charge is 2.25. The molecule has 3 aromatic rings. The lowest BCUT2D eigenvalue weighted by molar-refractivity contribution is -0.144. The van der Waals surface area contributed by atoms with Gasteiger partial charge in [0.25, 0.3) is 0 Å². The van der Waals surface area contributed by atoms with Crippen molar-refractivity contribution in [3.63, 3.8) is 0 Å². The van der Waals surface area contributed by atoms with Crippen molar-refractivity contribution in [3.05, 3.63) is 48.0 Å². The summed E-state index contributed by atoms with van der Waals surface area (Å²) in [6.07, 6.45) is 0. The second kappa shape index (κ2) is 8.91. The van der Waals surface area contributed by atoms with Gasteiger partial charge >= 0.3 is 11.8 Å². The van der Waals surface area contributed by atoms with Gasteiger partial charge in [-0.25, -0.2) is 4.98 Å². The van der Waals surface area contributed by atoms with Crippen LogP contribution in [0.2, 0.25) is 0 Å². The minimum absolute atomic E-state index is 0.0983. The standard InChI is InChI=1S/C22H24N4O3S/c1-15-2-7-18-19(14-15)30-21(24-18)16-3-5-17(6-4-16)23-20(28)22(29)26-10-8-25(9-11-26)12-13-27/h2-7,14,27H,8-13H2,1H3,(H,23,28). The molecular weight excluding hydrogens is 400 g/mol. The molecule has 2 heterocycles. The van der Waals surface area contributed by atoms with Gasteiger partial charge in [-0.15, -0.1) is 11.3 Å². The maximum absolute atomic E-state index is 12.4. The van der Waals surface area contributed by atoms with E-state index in [4.69, 9.17) is 5.11 Å². The molecule has 0 aliphatic carbocycles. The second-order valence-electron chi connectivity index (χ2n) is 7.38. The third-order valence-corrected chi connectivity index (χ3v) is 6.27. The number of hydrogen-bond donors (Lipinski definition) is 2. The first-order chi connectivity index (χ1) is 14.5. The molecule has 2 amide bonds. The number of rotatable bonds is 4. The molecule has 1 aliphatic heterocycles. The SMILES string of the molecule is Cc1ccc2nc(-c3ccc(NC(=O)C(=O)N4CCN(CCO)CC4)cc3)sc2c1. The van der Waals surface area contributed by atoms with Gasteiger partial charge in [-0.1, -0.05) is 6.07 Å². The van der Waals surface area contributed by atoms with Crippen LogP contribution in [-0.2, 0) is 9.59 Å². The Kier molecular flexibility index (Phi) is 6.08. The average molecular weight is 425 g/mol. The number of carbonyl (C=O) groups excluding carboxylic acids is 2. The molecule has 4 rings (SSSR count). The Hall–Kier alpha value is -2.81. The maximum Gasteiger partial charge on any atom is 0.313 e. The molecule has 0 unspecified atom stereocenters. The minimum atomic E-state index is -0.631. The highest BCUT2D eigenvalue weighted by Crippen LogP contribution is 2.31. The molecule has 2 N–H and O–H groups in total. The molecule has 8 heteroatoms. The number of β-amino-alcohol motifs (C(OH)–C–C–N with tert-alkyl or cyclic N) is 1. The molecule has 2 aromatic carbocycles. The van der Waals surface area contributed by atoms with Gasteiger partial charge in [0.2, 0.25) is 0 Å². The van der Waals surface area contributed by atoms with Gasteiger partial charge in [0.1, 0.15) is 5.01 Å². The fourth-order valence-electron chi connectivity index (χ4n) is 3.50. The largest absolute Gasteiger partial charge is 0.395 e. The summed E-state index contributed by atoms with van der Waals surface area (Å²) in [6, 6.07) is 13.6. The molecule has 0 saturated carbocycles. The fraction of sp³-hybridized carbons (Fsp3) is 0.318. The number of thiazole rings is 1. The van der Waals surface area contributed by atoms with Crippen molar-refractivity contribution in [2.24, 2.45) is 0 Å². The van der Waals surface area contributed by atoms with Crippen LogP contribution in [0.1, 0.15) is 5.56 Å². The highest BCUT2D eigenvalue weighted by molar-refractivity contribution is 7.21. The third kappa shape index (κ3) is 4.51. The van der Waals surface area contributed by atoms with Gasteiger partial charge in [-0.2, -0.15) is 0 Å². The minimum Gasteiger partial charge on any atom is -0.395 e. The van der Waals surface area contributed by atoms with E-state index >= 15 is 0 Å². The van der Waals surface area contributed by atoms with Gasteiger partial charge in [-0.05, 0) is 48.9 Å². The first kappa shape index (κ1) is 20.5. The zero-order valence-corrected chi connectivity index (χ0v) is 17.6. The monoisotopic (exact) mass is 424 g/mol. The zero-order chi connectivity index (χ0) is 21.1. The van der Waals surface area contributed by atoms with Crippen LogP contribution in [0, 0.1) is 6.92 Å². The van der Waals surface area contributed by atoms with E-state index in [1.165, 1.54) is 5.56 Å². The summed E-state index contributed by atoms with van der Waals surface area (Å²) in [5, 5.41) is 12.6. The number of aliphatic hydroxyl groups excluding tert-OH is 1. The number of hydrogen-bond acceptors (Lipinski definition) is 6. The van der Waals surface area contributed by atoms with Gasteiger partial charge in [0.15, 0.2) is 0 Å². The molecular formula is C22H24N4O3S. The number of nitrogens with zero attached hydrogens (tertiary/aromatic N) is 3. The van der Waals surface area contributed by atoms with Crippen LogP contribution in [0.5, 0.6) is 0 Å². The van der Waals surface area contributed by atoms with Crippen LogP contribution in [0.3, 0.4) is 0 Å². The van der Waals surface area contributed by atoms with Crippen LogP contribution in [0.4, 0.5) is 5.69 Å². The molecule has 0 radical (unpaired) electrons. The fourth-order valence-corrected chi connectivity index (χ4v) is 4.56. The first-order valence-electron chi connectivity index (χ1n) is 9.94. The van der Waals surface area contributed by atoms with Crippen LogP contribution < -0.4 is 5.32 Å². The molecule has 30 heavy (non-hydrogen) atoms. The first-order valence-corrected chi connectivity index (χ1v) is 10.8. The van der Waals surface area contributed by atoms with Crippen molar-refractivity contribution in [1.29, 1.82) is 0 Å². The summed E-state index contributed by atoms with van der Waals surface area (Å²) in [4.78, 5) is 33.1. The predicted octanol–water partition coefficient (Wildman–Crippen LogP) is 2.35. The molecule has 1 aliphatic rings. The number of carbonyl (C=O) groups is 2. The third-order valence-electron chi connectivity index (χ3n) is 5.20. The summed E-state index contributed by atoms with van der Waals surface area (Å²) in [5.74, 6) is -1.15. The Morgan fingerprint density at radius 2 is 1.83 bits per heavy atom. The number of fused-ring (bicyclic) bond motifs is 1. The summed E-state index contributed by atoms with van der Waals surface area (Å²) >= 11 is 1.63. The second-order valence-corrected chi connectivity index (χ2v) is 8.41. The van der Waals surface area contributed by atoms with Gasteiger partial charge in [0, 0.05) is 44.0 Å². The van der Waals surface area contributed by atoms with E-state index in [1.807, 2.05) is 24.3 Å². The quantitative estimate of drug-likeness (QED) is 0.628. The highest BCUT2D eigenvalue weighted by atomic mass is 32.1. The van der Waals surface area contributed by atoms with E-state index < -0.39 is 11.8 Å². The number of benzene rings is 2. The molecule has 1 aromatic heterocycles. The Labute approximate surface area is 178 Å². The summed E-state index contributed by atoms with van der Waals surface area (Å²) in [5.41, 5.74) is 3.73. The lowest BCUT2D eigenvalue weighted by atomic mass is 10.2. The van der Waals surface area contributed by atoms with Crippen molar-refractivity contribution < 1.29 is 14.7 Å². The molecule has 7 nitrogen and oxygen atoms in total. The van der Waals surface area contributed by atoms with Crippen molar-refractivity contribution in [2.45, 2.75) is 6.92 Å². The number of anilines is 1. The molecule has 1 saturated heterocycles. The van der Waals surface area contributed by atoms with Crippen LogP contribution >= 0.6 is 11.3 Å². The summed E-state index contributed by atoms with van der Waals surface area (Å²) in [6.45, 7) is 5.05. The van der Waals surface area contributed by atoms with E-state index in [2.05, 4.69) is 28.2 Å². The Morgan fingerprint density at radius 3 is 2.53 bits per heavy atom. The normalized spacial score (nSPS) is 14.8. The number of amides is 2.